The van der Waals surface area contributed by atoms with E-state index in [1.807, 2.05) is 36.1 Å². The van der Waals surface area contributed by atoms with Crippen molar-refractivity contribution in [3.05, 3.63) is 54.0 Å². The van der Waals surface area contributed by atoms with Gasteiger partial charge < -0.3 is 19.3 Å². The number of aromatic nitrogens is 5. The first kappa shape index (κ1) is 22.4. The summed E-state index contributed by atoms with van der Waals surface area (Å²) in [5.41, 5.74) is 4.16. The molecular weight excluding hydrogens is 449 g/mol. The van der Waals surface area contributed by atoms with Crippen molar-refractivity contribution < 1.29 is 23.0 Å². The van der Waals surface area contributed by atoms with Crippen LogP contribution in [0, 0.1) is 6.92 Å². The number of rotatable bonds is 5. The van der Waals surface area contributed by atoms with E-state index in [1.54, 1.807) is 12.1 Å². The van der Waals surface area contributed by atoms with Crippen molar-refractivity contribution in [3.63, 3.8) is 0 Å². The van der Waals surface area contributed by atoms with Gasteiger partial charge in [-0.15, -0.1) is 0 Å². The van der Waals surface area contributed by atoms with E-state index in [0.29, 0.717) is 54.7 Å². The van der Waals surface area contributed by atoms with Crippen LogP contribution in [0.15, 0.2) is 42.7 Å². The molecule has 178 valence electrons. The number of fused-ring (bicyclic) bond motifs is 1. The normalized spacial score (nSPS) is 14.8. The minimum atomic E-state index is -4.43. The van der Waals surface area contributed by atoms with Gasteiger partial charge >= 0.3 is 6.18 Å². The van der Waals surface area contributed by atoms with Crippen LogP contribution in [0.2, 0.25) is 0 Å². The lowest BCUT2D eigenvalue weighted by atomic mass is 10.1. The first-order valence-electron chi connectivity index (χ1n) is 10.8. The topological polar surface area (TPSA) is 81.2 Å². The third-order valence-electron chi connectivity index (χ3n) is 5.72. The number of morpholine rings is 1. The first-order valence-corrected chi connectivity index (χ1v) is 10.8. The van der Waals surface area contributed by atoms with Crippen LogP contribution in [0.5, 0.6) is 0 Å². The van der Waals surface area contributed by atoms with Crippen molar-refractivity contribution >= 4 is 16.9 Å². The molecule has 0 unspecified atom stereocenters. The van der Waals surface area contributed by atoms with E-state index in [2.05, 4.69) is 15.1 Å². The Bertz CT molecular complexity index is 1320. The number of nitrogens with zero attached hydrogens (tertiary/aromatic N) is 6. The van der Waals surface area contributed by atoms with Crippen molar-refractivity contribution in [2.75, 3.05) is 31.2 Å². The Hall–Kier alpha value is -3.44. The number of aliphatic hydroxyl groups is 1. The third kappa shape index (κ3) is 4.36. The van der Waals surface area contributed by atoms with Gasteiger partial charge in [-0.1, -0.05) is 23.8 Å². The highest BCUT2D eigenvalue weighted by atomic mass is 19.4. The van der Waals surface area contributed by atoms with Crippen LogP contribution in [0.25, 0.3) is 28.2 Å². The summed E-state index contributed by atoms with van der Waals surface area (Å²) in [5.74, 6) is 0.306. The molecular formula is C23H23F3N6O2. The fourth-order valence-corrected chi connectivity index (χ4v) is 4.14. The van der Waals surface area contributed by atoms with Gasteiger partial charge in [-0.05, 0) is 19.1 Å². The average Bonchev–Trinajstić information content (AvgIpc) is 3.42. The number of anilines is 1. The number of alkyl halides is 3. The van der Waals surface area contributed by atoms with E-state index < -0.39 is 12.7 Å². The predicted molar refractivity (Wildman–Crippen MR) is 120 cm³/mol. The molecule has 34 heavy (non-hydrogen) atoms. The molecule has 1 aromatic carbocycles. The second-order valence-electron chi connectivity index (χ2n) is 8.22. The van der Waals surface area contributed by atoms with E-state index in [4.69, 9.17) is 4.74 Å². The lowest BCUT2D eigenvalue weighted by Crippen LogP contribution is -2.36. The SMILES string of the molecule is Cc1cccc(-c2cc(CO)n(-c3cc(N4CCOCC4)c4ncn(CC(F)(F)F)c4n3)n2)c1. The van der Waals surface area contributed by atoms with Gasteiger partial charge in [0.2, 0.25) is 0 Å². The second kappa shape index (κ2) is 8.73. The molecule has 0 spiro atoms. The monoisotopic (exact) mass is 472 g/mol. The predicted octanol–water partition coefficient (Wildman–Crippen LogP) is 3.48. The Balaban J connectivity index is 1.68. The van der Waals surface area contributed by atoms with Gasteiger partial charge in [-0.3, -0.25) is 0 Å². The summed E-state index contributed by atoms with van der Waals surface area (Å²) in [6, 6.07) is 11.3. The van der Waals surface area contributed by atoms with Gasteiger partial charge in [-0.2, -0.15) is 18.3 Å². The van der Waals surface area contributed by atoms with E-state index in [1.165, 1.54) is 4.68 Å². The highest BCUT2D eigenvalue weighted by molar-refractivity contribution is 5.87. The average molecular weight is 472 g/mol. The maximum absolute atomic E-state index is 13.2. The number of halogens is 3. The van der Waals surface area contributed by atoms with Gasteiger partial charge in [0.25, 0.3) is 0 Å². The zero-order valence-electron chi connectivity index (χ0n) is 18.5. The van der Waals surface area contributed by atoms with Crippen LogP contribution in [0.4, 0.5) is 18.9 Å². The number of aliphatic hydroxyl groups excluding tert-OH is 1. The molecule has 0 radical (unpaired) electrons. The molecule has 0 saturated carbocycles. The molecule has 1 aliphatic heterocycles. The Kier molecular flexibility index (Phi) is 5.74. The molecule has 0 aliphatic carbocycles. The van der Waals surface area contributed by atoms with Crippen LogP contribution < -0.4 is 4.90 Å². The van der Waals surface area contributed by atoms with Crippen molar-refractivity contribution in [1.82, 2.24) is 24.3 Å². The number of ether oxygens (including phenoxy) is 1. The van der Waals surface area contributed by atoms with Gasteiger partial charge in [0.15, 0.2) is 11.5 Å². The molecule has 1 N–H and O–H groups in total. The van der Waals surface area contributed by atoms with Gasteiger partial charge in [0.05, 0.1) is 43.2 Å². The summed E-state index contributed by atoms with van der Waals surface area (Å²) in [6.07, 6.45) is -3.27. The van der Waals surface area contributed by atoms with Gasteiger partial charge in [0.1, 0.15) is 12.1 Å². The van der Waals surface area contributed by atoms with Crippen LogP contribution in [-0.2, 0) is 17.9 Å². The summed E-state index contributed by atoms with van der Waals surface area (Å²) in [6.45, 7) is 2.61. The summed E-state index contributed by atoms with van der Waals surface area (Å²) >= 11 is 0. The lowest BCUT2D eigenvalue weighted by molar-refractivity contribution is -0.140. The van der Waals surface area contributed by atoms with Gasteiger partial charge in [-0.25, -0.2) is 14.6 Å². The first-order chi connectivity index (χ1) is 16.3. The molecule has 5 rings (SSSR count). The Morgan fingerprint density at radius 1 is 1.12 bits per heavy atom. The lowest BCUT2D eigenvalue weighted by Gasteiger charge is -2.29. The van der Waals surface area contributed by atoms with Crippen LogP contribution in [-0.4, -0.2) is 61.9 Å². The summed E-state index contributed by atoms with van der Waals surface area (Å²) in [4.78, 5) is 10.8. The molecule has 4 heterocycles. The minimum absolute atomic E-state index is 0.104. The molecule has 1 fully saturated rings. The van der Waals surface area contributed by atoms with Crippen molar-refractivity contribution in [2.24, 2.45) is 0 Å². The third-order valence-corrected chi connectivity index (χ3v) is 5.72. The quantitative estimate of drug-likeness (QED) is 0.479. The maximum Gasteiger partial charge on any atom is 0.406 e. The van der Waals surface area contributed by atoms with Crippen LogP contribution >= 0.6 is 0 Å². The zero-order valence-corrected chi connectivity index (χ0v) is 18.5. The fourth-order valence-electron chi connectivity index (χ4n) is 4.14. The van der Waals surface area contributed by atoms with Crippen LogP contribution in [0.3, 0.4) is 0 Å². The summed E-state index contributed by atoms with van der Waals surface area (Å²) < 4.78 is 47.5. The maximum atomic E-state index is 13.2. The molecule has 0 atom stereocenters. The molecule has 4 aromatic rings. The van der Waals surface area contributed by atoms with Crippen molar-refractivity contribution in [3.8, 4) is 17.1 Å². The Morgan fingerprint density at radius 3 is 2.62 bits per heavy atom. The van der Waals surface area contributed by atoms with Gasteiger partial charge in [0, 0.05) is 24.7 Å². The largest absolute Gasteiger partial charge is 0.406 e. The highest BCUT2D eigenvalue weighted by Gasteiger charge is 2.30. The highest BCUT2D eigenvalue weighted by Crippen LogP contribution is 2.31. The molecule has 3 aromatic heterocycles. The second-order valence-corrected chi connectivity index (χ2v) is 8.22. The zero-order chi connectivity index (χ0) is 23.9. The fraction of sp³-hybridized carbons (Fsp3) is 0.348. The van der Waals surface area contributed by atoms with E-state index >= 15 is 0 Å². The number of benzene rings is 1. The molecule has 0 amide bonds. The molecule has 0 bridgehead atoms. The minimum Gasteiger partial charge on any atom is -0.390 e. The Morgan fingerprint density at radius 2 is 1.91 bits per heavy atom. The number of pyridine rings is 1. The van der Waals surface area contributed by atoms with E-state index in [9.17, 15) is 18.3 Å². The summed E-state index contributed by atoms with van der Waals surface area (Å²) in [5, 5.41) is 14.7. The molecule has 1 saturated heterocycles. The molecule has 8 nitrogen and oxygen atoms in total. The number of imidazole rings is 1. The Labute approximate surface area is 193 Å². The standard InChI is InChI=1S/C23H23F3N6O2/c1-15-3-2-4-16(9-15)18-10-17(12-33)32(29-18)20-11-19(30-5-7-34-8-6-30)21-22(28-20)31(14-27-21)13-23(24,25)26/h2-4,9-11,14,33H,5-8,12-13H2,1H3. The smallest absolute Gasteiger partial charge is 0.390 e. The van der Waals surface area contributed by atoms with Crippen LogP contribution in [0.1, 0.15) is 11.3 Å². The van der Waals surface area contributed by atoms with Crippen molar-refractivity contribution in [1.29, 1.82) is 0 Å². The summed E-state index contributed by atoms with van der Waals surface area (Å²) in [7, 11) is 0. The number of hydrogen-bond acceptors (Lipinski definition) is 6. The van der Waals surface area contributed by atoms with E-state index in [-0.39, 0.29) is 12.3 Å². The number of hydrogen-bond donors (Lipinski definition) is 1. The molecule has 11 heteroatoms. The number of aryl methyl sites for hydroxylation is 1. The molecule has 1 aliphatic rings. The van der Waals surface area contributed by atoms with Crippen molar-refractivity contribution in [2.45, 2.75) is 26.3 Å². The van der Waals surface area contributed by atoms with E-state index in [0.717, 1.165) is 22.0 Å².